The summed E-state index contributed by atoms with van der Waals surface area (Å²) in [6.45, 7) is 0.113. The normalized spacial score (nSPS) is 15.9. The number of pyridine rings is 1. The average molecular weight is 462 g/mol. The van der Waals surface area contributed by atoms with Gasteiger partial charge in [0.1, 0.15) is 23.4 Å². The van der Waals surface area contributed by atoms with Gasteiger partial charge in [0.15, 0.2) is 11.7 Å². The number of ether oxygens (including phenoxy) is 1. The summed E-state index contributed by atoms with van der Waals surface area (Å²) in [6, 6.07) is 3.22. The van der Waals surface area contributed by atoms with Crippen LogP contribution in [0.15, 0.2) is 65.4 Å². The molecule has 1 unspecified atom stereocenters. The van der Waals surface area contributed by atoms with Gasteiger partial charge in [0.05, 0.1) is 31.8 Å². The zero-order valence-corrected chi connectivity index (χ0v) is 17.3. The number of benzene rings is 1. The maximum Gasteiger partial charge on any atom is 0.338 e. The quantitative estimate of drug-likeness (QED) is 0.587. The van der Waals surface area contributed by atoms with Gasteiger partial charge in [-0.1, -0.05) is 17.7 Å². The second kappa shape index (κ2) is 8.83. The molecule has 1 N–H and O–H groups in total. The van der Waals surface area contributed by atoms with Crippen molar-refractivity contribution in [3.63, 3.8) is 0 Å². The monoisotopic (exact) mass is 461 g/mol. The minimum atomic E-state index is -1.07. The van der Waals surface area contributed by atoms with Crippen molar-refractivity contribution in [2.24, 2.45) is 4.99 Å². The molecule has 3 aromatic rings. The van der Waals surface area contributed by atoms with Gasteiger partial charge in [0.25, 0.3) is 0 Å². The Kier molecular flexibility index (Phi) is 5.95. The lowest BCUT2D eigenvalue weighted by Gasteiger charge is -2.28. The predicted molar refractivity (Wildman–Crippen MR) is 109 cm³/mol. The van der Waals surface area contributed by atoms with E-state index in [2.05, 4.69) is 20.3 Å². The Balaban J connectivity index is 1.91. The van der Waals surface area contributed by atoms with Crippen LogP contribution in [0.2, 0.25) is 5.02 Å². The summed E-state index contributed by atoms with van der Waals surface area (Å²) in [6.07, 6.45) is 5.57. The van der Waals surface area contributed by atoms with Crippen LogP contribution in [0, 0.1) is 17.5 Å². The van der Waals surface area contributed by atoms with E-state index in [1.807, 2.05) is 0 Å². The van der Waals surface area contributed by atoms with Crippen molar-refractivity contribution in [3.8, 4) is 0 Å². The summed E-state index contributed by atoms with van der Waals surface area (Å²) in [5, 5.41) is 2.91. The van der Waals surface area contributed by atoms with Gasteiger partial charge < -0.3 is 14.6 Å². The Bertz CT molecular complexity index is 1240. The number of carbonyl (C=O) groups excluding carboxylic acids is 1. The lowest BCUT2D eigenvalue weighted by Crippen LogP contribution is -2.36. The molecule has 0 saturated carbocycles. The summed E-state index contributed by atoms with van der Waals surface area (Å²) in [7, 11) is 1.20. The molecule has 164 valence electrons. The van der Waals surface area contributed by atoms with E-state index in [9.17, 15) is 18.0 Å². The van der Waals surface area contributed by atoms with Gasteiger partial charge in [-0.3, -0.25) is 4.99 Å². The van der Waals surface area contributed by atoms with Crippen LogP contribution in [0.3, 0.4) is 0 Å². The van der Waals surface area contributed by atoms with Crippen molar-refractivity contribution in [3.05, 3.63) is 94.2 Å². The minimum Gasteiger partial charge on any atom is -0.466 e. The number of carbonyl (C=O) groups is 1. The average Bonchev–Trinajstić information content (AvgIpc) is 3.26. The van der Waals surface area contributed by atoms with E-state index < -0.39 is 29.5 Å². The van der Waals surface area contributed by atoms with Crippen LogP contribution in [0.25, 0.3) is 0 Å². The predicted octanol–water partition coefficient (Wildman–Crippen LogP) is 3.57. The number of methoxy groups -OCH3 is 1. The largest absolute Gasteiger partial charge is 0.466 e. The van der Waals surface area contributed by atoms with Crippen LogP contribution < -0.4 is 5.32 Å². The number of esters is 1. The van der Waals surface area contributed by atoms with Gasteiger partial charge in [0.2, 0.25) is 0 Å². The van der Waals surface area contributed by atoms with Gasteiger partial charge in [-0.15, -0.1) is 0 Å². The number of imidazole rings is 1. The van der Waals surface area contributed by atoms with Crippen LogP contribution >= 0.6 is 11.6 Å². The highest BCUT2D eigenvalue weighted by atomic mass is 35.5. The van der Waals surface area contributed by atoms with Crippen molar-refractivity contribution >= 4 is 23.4 Å². The standard InChI is InChI=1S/C21H15ClF3N5O2/c1-32-21(31)17-16(9-30-5-4-26-10-30)28-20(19-15(25)7-12(24)8-27-19)29-18(17)13-3-2-11(23)6-14(13)22/h2-8,10,18H,9H2,1H3,(H,28,29). The van der Waals surface area contributed by atoms with Crippen LogP contribution in [0.4, 0.5) is 13.2 Å². The molecule has 7 nitrogen and oxygen atoms in total. The fourth-order valence-corrected chi connectivity index (χ4v) is 3.56. The number of hydrogen-bond donors (Lipinski definition) is 1. The second-order valence-electron chi connectivity index (χ2n) is 6.77. The van der Waals surface area contributed by atoms with Crippen molar-refractivity contribution in [1.29, 1.82) is 0 Å². The molecule has 1 aliphatic rings. The zero-order valence-electron chi connectivity index (χ0n) is 16.5. The second-order valence-corrected chi connectivity index (χ2v) is 7.18. The molecule has 0 saturated heterocycles. The summed E-state index contributed by atoms with van der Waals surface area (Å²) in [4.78, 5) is 24.9. The lowest BCUT2D eigenvalue weighted by molar-refractivity contribution is -0.136. The van der Waals surface area contributed by atoms with Gasteiger partial charge in [-0.05, 0) is 12.1 Å². The Morgan fingerprint density at radius 2 is 2.06 bits per heavy atom. The molecule has 2 aromatic heterocycles. The number of hydrogen-bond acceptors (Lipinski definition) is 6. The highest BCUT2D eigenvalue weighted by molar-refractivity contribution is 6.31. The first-order chi connectivity index (χ1) is 15.4. The molecule has 0 bridgehead atoms. The number of aromatic nitrogens is 3. The van der Waals surface area contributed by atoms with E-state index in [0.29, 0.717) is 11.8 Å². The first kappa shape index (κ1) is 21.6. The topological polar surface area (TPSA) is 81.4 Å². The minimum absolute atomic E-state index is 0.0101. The van der Waals surface area contributed by atoms with Crippen LogP contribution in [0.1, 0.15) is 17.3 Å². The molecule has 0 amide bonds. The van der Waals surface area contributed by atoms with Crippen molar-refractivity contribution in [1.82, 2.24) is 19.9 Å². The van der Waals surface area contributed by atoms with Gasteiger partial charge in [-0.25, -0.2) is 27.9 Å². The molecule has 11 heteroatoms. The highest BCUT2D eigenvalue weighted by Gasteiger charge is 2.34. The molecule has 1 aliphatic heterocycles. The van der Waals surface area contributed by atoms with Crippen LogP contribution in [0.5, 0.6) is 0 Å². The fraction of sp³-hybridized carbons (Fsp3) is 0.143. The Morgan fingerprint density at radius 1 is 1.25 bits per heavy atom. The molecule has 1 aromatic carbocycles. The Hall–Kier alpha value is -3.66. The zero-order chi connectivity index (χ0) is 22.8. The molecule has 0 spiro atoms. The maximum absolute atomic E-state index is 14.5. The SMILES string of the molecule is COC(=O)C1=C(Cn2ccnc2)NC(c2ncc(F)cc2F)=NC1c1ccc(F)cc1Cl. The van der Waals surface area contributed by atoms with Crippen LogP contribution in [-0.2, 0) is 16.1 Å². The Labute approximate surface area is 185 Å². The van der Waals surface area contributed by atoms with E-state index >= 15 is 0 Å². The van der Waals surface area contributed by atoms with E-state index in [-0.39, 0.29) is 34.2 Å². The molecular weight excluding hydrogens is 447 g/mol. The maximum atomic E-state index is 14.5. The molecule has 1 atom stereocenters. The van der Waals surface area contributed by atoms with Gasteiger partial charge in [-0.2, -0.15) is 0 Å². The lowest BCUT2D eigenvalue weighted by atomic mass is 9.95. The highest BCUT2D eigenvalue weighted by Crippen LogP contribution is 2.36. The number of aliphatic imine (C=N–C) groups is 1. The first-order valence-electron chi connectivity index (χ1n) is 9.25. The van der Waals surface area contributed by atoms with E-state index in [4.69, 9.17) is 16.3 Å². The number of nitrogens with one attached hydrogen (secondary N) is 1. The van der Waals surface area contributed by atoms with E-state index in [0.717, 1.165) is 12.3 Å². The molecule has 0 radical (unpaired) electrons. The molecule has 3 heterocycles. The fourth-order valence-electron chi connectivity index (χ4n) is 3.29. The summed E-state index contributed by atoms with van der Waals surface area (Å²) in [5.41, 5.74) is 0.413. The smallest absolute Gasteiger partial charge is 0.338 e. The summed E-state index contributed by atoms with van der Waals surface area (Å²) >= 11 is 6.25. The van der Waals surface area contributed by atoms with E-state index in [1.165, 1.54) is 25.6 Å². The number of nitrogens with zero attached hydrogens (tertiary/aromatic N) is 4. The van der Waals surface area contributed by atoms with Gasteiger partial charge >= 0.3 is 5.97 Å². The van der Waals surface area contributed by atoms with E-state index in [1.54, 1.807) is 17.0 Å². The number of halogens is 4. The molecule has 0 fully saturated rings. The van der Waals surface area contributed by atoms with Crippen molar-refractivity contribution < 1.29 is 22.7 Å². The molecular formula is C21H15ClF3N5O2. The summed E-state index contributed by atoms with van der Waals surface area (Å²) < 4.78 is 48.2. The third-order valence-corrected chi connectivity index (χ3v) is 5.05. The third kappa shape index (κ3) is 4.22. The molecule has 4 rings (SSSR count). The third-order valence-electron chi connectivity index (χ3n) is 4.72. The van der Waals surface area contributed by atoms with Crippen molar-refractivity contribution in [2.45, 2.75) is 12.6 Å². The number of amidine groups is 1. The summed E-state index contributed by atoms with van der Waals surface area (Å²) in [5.74, 6) is -3.16. The molecule has 0 aliphatic carbocycles. The van der Waals surface area contributed by atoms with Crippen LogP contribution in [-0.4, -0.2) is 33.4 Å². The van der Waals surface area contributed by atoms with Gasteiger partial charge in [0, 0.05) is 34.7 Å². The number of allylic oxidation sites excluding steroid dienone is 1. The Morgan fingerprint density at radius 3 is 2.72 bits per heavy atom. The molecule has 32 heavy (non-hydrogen) atoms. The number of rotatable bonds is 5. The van der Waals surface area contributed by atoms with Crippen molar-refractivity contribution in [2.75, 3.05) is 7.11 Å². The first-order valence-corrected chi connectivity index (χ1v) is 9.63.